The zero-order valence-corrected chi connectivity index (χ0v) is 16.6. The Kier molecular flexibility index (Phi) is 6.17. The number of nitro groups is 1. The normalized spacial score (nSPS) is 10.9. The van der Waals surface area contributed by atoms with Crippen LogP contribution in [0.5, 0.6) is 0 Å². The van der Waals surface area contributed by atoms with Gasteiger partial charge in [0.2, 0.25) is 0 Å². The molecular weight excluding hydrogens is 450 g/mol. The van der Waals surface area contributed by atoms with Gasteiger partial charge in [-0.25, -0.2) is 5.43 Å². The van der Waals surface area contributed by atoms with Gasteiger partial charge in [-0.2, -0.15) is 10.2 Å². The van der Waals surface area contributed by atoms with Crippen LogP contribution in [0.1, 0.15) is 21.6 Å². The van der Waals surface area contributed by atoms with Gasteiger partial charge in [-0.05, 0) is 39.2 Å². The molecule has 0 saturated carbocycles. The van der Waals surface area contributed by atoms with Crippen LogP contribution in [0.25, 0.3) is 0 Å². The zero-order chi connectivity index (χ0) is 20.1. The molecular formula is C18H13BrClN5O3. The molecule has 1 N–H and O–H groups in total. The Labute approximate surface area is 173 Å². The summed E-state index contributed by atoms with van der Waals surface area (Å²) in [6.07, 6.45) is 3.13. The van der Waals surface area contributed by atoms with Gasteiger partial charge < -0.3 is 0 Å². The number of hydrazone groups is 1. The maximum absolute atomic E-state index is 12.3. The number of rotatable bonds is 6. The van der Waals surface area contributed by atoms with Gasteiger partial charge in [0, 0.05) is 23.4 Å². The Hall–Kier alpha value is -3.04. The third-order valence-electron chi connectivity index (χ3n) is 3.65. The molecule has 0 atom stereocenters. The zero-order valence-electron chi connectivity index (χ0n) is 14.3. The van der Waals surface area contributed by atoms with Crippen LogP contribution in [-0.2, 0) is 6.54 Å². The second-order valence-corrected chi connectivity index (χ2v) is 6.99. The van der Waals surface area contributed by atoms with Crippen molar-refractivity contribution in [2.75, 3.05) is 0 Å². The lowest BCUT2D eigenvalue weighted by molar-refractivity contribution is -0.384. The molecule has 28 heavy (non-hydrogen) atoms. The first kappa shape index (κ1) is 19.7. The molecule has 0 unspecified atom stereocenters. The quantitative estimate of drug-likeness (QED) is 0.339. The van der Waals surface area contributed by atoms with E-state index in [0.29, 0.717) is 16.0 Å². The number of nitrogens with zero attached hydrogens (tertiary/aromatic N) is 4. The van der Waals surface area contributed by atoms with Crippen LogP contribution in [-0.4, -0.2) is 26.8 Å². The van der Waals surface area contributed by atoms with Gasteiger partial charge in [0.05, 0.1) is 22.2 Å². The van der Waals surface area contributed by atoms with Crippen LogP contribution < -0.4 is 5.43 Å². The summed E-state index contributed by atoms with van der Waals surface area (Å²) in [5.41, 5.74) is 4.16. The molecule has 0 saturated heterocycles. The van der Waals surface area contributed by atoms with E-state index in [1.807, 2.05) is 0 Å². The maximum Gasteiger partial charge on any atom is 0.293 e. The van der Waals surface area contributed by atoms with E-state index in [9.17, 15) is 14.9 Å². The molecule has 0 aliphatic carbocycles. The van der Waals surface area contributed by atoms with Gasteiger partial charge in [-0.1, -0.05) is 35.9 Å². The lowest BCUT2D eigenvalue weighted by Gasteiger charge is -2.01. The van der Waals surface area contributed by atoms with E-state index >= 15 is 0 Å². The van der Waals surface area contributed by atoms with Crippen LogP contribution in [0.3, 0.4) is 0 Å². The predicted molar refractivity (Wildman–Crippen MR) is 109 cm³/mol. The summed E-state index contributed by atoms with van der Waals surface area (Å²) in [4.78, 5) is 22.5. The number of hydrogen-bond acceptors (Lipinski definition) is 5. The molecule has 3 aromatic rings. The molecule has 142 valence electrons. The molecule has 10 heteroatoms. The molecule has 8 nitrogen and oxygen atoms in total. The van der Waals surface area contributed by atoms with E-state index in [1.165, 1.54) is 18.3 Å². The molecule has 0 aliphatic rings. The highest BCUT2D eigenvalue weighted by Crippen LogP contribution is 2.17. The van der Waals surface area contributed by atoms with Crippen molar-refractivity contribution >= 4 is 45.3 Å². The number of aromatic nitrogens is 2. The third-order valence-corrected chi connectivity index (χ3v) is 4.47. The summed E-state index contributed by atoms with van der Waals surface area (Å²) < 4.78 is 2.06. The Bertz CT molecular complexity index is 1050. The van der Waals surface area contributed by atoms with Gasteiger partial charge in [-0.15, -0.1) is 0 Å². The van der Waals surface area contributed by atoms with E-state index < -0.39 is 10.8 Å². The monoisotopic (exact) mass is 461 g/mol. The SMILES string of the molecule is O=C(N/N=C/c1cccc(Cl)c1)c1nn(Cc2ccc([N+](=O)[O-])cc2)cc1Br. The second kappa shape index (κ2) is 8.77. The molecule has 2 aromatic carbocycles. The van der Waals surface area contributed by atoms with Crippen molar-refractivity contribution in [2.45, 2.75) is 6.54 Å². The number of nitro benzene ring substituents is 1. The minimum absolute atomic E-state index is 0.0167. The summed E-state index contributed by atoms with van der Waals surface area (Å²) >= 11 is 9.20. The van der Waals surface area contributed by atoms with E-state index in [0.717, 1.165) is 11.1 Å². The predicted octanol–water partition coefficient (Wildman–Crippen LogP) is 4.02. The summed E-state index contributed by atoms with van der Waals surface area (Å²) in [6, 6.07) is 13.2. The van der Waals surface area contributed by atoms with E-state index in [-0.39, 0.29) is 11.4 Å². The fraction of sp³-hybridized carbons (Fsp3) is 0.0556. The first-order chi connectivity index (χ1) is 13.4. The molecule has 1 heterocycles. The number of halogens is 2. The average molecular weight is 463 g/mol. The van der Waals surface area contributed by atoms with Gasteiger partial charge in [-0.3, -0.25) is 19.6 Å². The summed E-state index contributed by atoms with van der Waals surface area (Å²) in [5.74, 6) is -0.479. The maximum atomic E-state index is 12.3. The van der Waals surface area contributed by atoms with Gasteiger partial charge >= 0.3 is 0 Å². The number of amides is 1. The molecule has 0 spiro atoms. The minimum atomic E-state index is -0.479. The van der Waals surface area contributed by atoms with Gasteiger partial charge in [0.15, 0.2) is 5.69 Å². The molecule has 0 radical (unpaired) electrons. The summed E-state index contributed by atoms with van der Waals surface area (Å²) in [5, 5.41) is 19.4. The van der Waals surface area contributed by atoms with E-state index in [2.05, 4.69) is 31.6 Å². The third kappa shape index (κ3) is 5.02. The number of benzene rings is 2. The van der Waals surface area contributed by atoms with Crippen molar-refractivity contribution in [3.05, 3.63) is 91.2 Å². The van der Waals surface area contributed by atoms with Crippen LogP contribution >= 0.6 is 27.5 Å². The Balaban J connectivity index is 1.65. The molecule has 0 bridgehead atoms. The molecule has 1 amide bonds. The van der Waals surface area contributed by atoms with Crippen molar-refractivity contribution in [3.63, 3.8) is 0 Å². The van der Waals surface area contributed by atoms with E-state index in [1.54, 1.807) is 47.3 Å². The van der Waals surface area contributed by atoms with Gasteiger partial charge in [0.1, 0.15) is 0 Å². The Morgan fingerprint density at radius 2 is 2.07 bits per heavy atom. The fourth-order valence-electron chi connectivity index (χ4n) is 2.35. The summed E-state index contributed by atoms with van der Waals surface area (Å²) in [6.45, 7) is 0.357. The number of carbonyl (C=O) groups excluding carboxylic acids is 1. The Morgan fingerprint density at radius 3 is 2.75 bits per heavy atom. The lowest BCUT2D eigenvalue weighted by Crippen LogP contribution is -2.19. The van der Waals surface area contributed by atoms with Crippen molar-refractivity contribution in [1.82, 2.24) is 15.2 Å². The number of nitrogens with one attached hydrogen (secondary N) is 1. The molecule has 1 aromatic heterocycles. The van der Waals surface area contributed by atoms with Crippen LogP contribution in [0, 0.1) is 10.1 Å². The van der Waals surface area contributed by atoms with Crippen molar-refractivity contribution in [1.29, 1.82) is 0 Å². The minimum Gasteiger partial charge on any atom is -0.266 e. The highest BCUT2D eigenvalue weighted by Gasteiger charge is 2.15. The molecule has 0 aliphatic heterocycles. The second-order valence-electron chi connectivity index (χ2n) is 5.70. The largest absolute Gasteiger partial charge is 0.293 e. The van der Waals surface area contributed by atoms with Crippen LogP contribution in [0.2, 0.25) is 5.02 Å². The number of hydrogen-bond donors (Lipinski definition) is 1. The smallest absolute Gasteiger partial charge is 0.266 e. The van der Waals surface area contributed by atoms with Crippen molar-refractivity contribution in [2.24, 2.45) is 5.10 Å². The van der Waals surface area contributed by atoms with Crippen LogP contribution in [0.15, 0.2) is 64.3 Å². The van der Waals surface area contributed by atoms with Gasteiger partial charge in [0.25, 0.3) is 11.6 Å². The fourth-order valence-corrected chi connectivity index (χ4v) is 3.04. The van der Waals surface area contributed by atoms with Crippen LogP contribution in [0.4, 0.5) is 5.69 Å². The summed E-state index contributed by atoms with van der Waals surface area (Å²) in [7, 11) is 0. The number of non-ortho nitro benzene ring substituents is 1. The highest BCUT2D eigenvalue weighted by atomic mass is 79.9. The topological polar surface area (TPSA) is 102 Å². The highest BCUT2D eigenvalue weighted by molar-refractivity contribution is 9.10. The van der Waals surface area contributed by atoms with E-state index in [4.69, 9.17) is 11.6 Å². The average Bonchev–Trinajstić information content (AvgIpc) is 3.02. The lowest BCUT2D eigenvalue weighted by atomic mass is 10.2. The molecule has 0 fully saturated rings. The first-order valence-electron chi connectivity index (χ1n) is 7.97. The number of carbonyl (C=O) groups is 1. The van der Waals surface area contributed by atoms with Crippen molar-refractivity contribution < 1.29 is 9.72 Å². The Morgan fingerprint density at radius 1 is 1.32 bits per heavy atom. The molecule has 3 rings (SSSR count). The van der Waals surface area contributed by atoms with Crippen molar-refractivity contribution in [3.8, 4) is 0 Å². The standard InChI is InChI=1S/C18H13BrClN5O3/c19-16-11-24(10-12-4-6-15(7-5-12)25(27)28)23-17(16)18(26)22-21-9-13-2-1-3-14(20)8-13/h1-9,11H,10H2,(H,22,26)/b21-9+. The first-order valence-corrected chi connectivity index (χ1v) is 9.15.